The summed E-state index contributed by atoms with van der Waals surface area (Å²) in [5, 5.41) is 2.93. The highest BCUT2D eigenvalue weighted by Gasteiger charge is 2.06. The topological polar surface area (TPSA) is 67.0 Å². The van der Waals surface area contributed by atoms with Crippen molar-refractivity contribution in [3.05, 3.63) is 60.2 Å². The maximum Gasteiger partial charge on any atom is 0.325 e. The molecule has 0 amide bonds. The van der Waals surface area contributed by atoms with E-state index in [1.807, 2.05) is 54.6 Å². The number of rotatable bonds is 5. The summed E-state index contributed by atoms with van der Waals surface area (Å²) in [6.45, 7) is 0.355. The van der Waals surface area contributed by atoms with E-state index in [4.69, 9.17) is 4.74 Å². The number of para-hydroxylation sites is 2. The molecule has 0 saturated carbocycles. The molecule has 0 aliphatic rings. The second-order valence-corrected chi connectivity index (χ2v) is 4.60. The Labute approximate surface area is 122 Å². The van der Waals surface area contributed by atoms with Crippen LogP contribution in [0.5, 0.6) is 0 Å². The van der Waals surface area contributed by atoms with Crippen molar-refractivity contribution >= 4 is 23.0 Å². The van der Waals surface area contributed by atoms with E-state index in [-0.39, 0.29) is 19.1 Å². The number of imidazole rings is 1. The molecule has 3 aromatic rings. The Kier molecular flexibility index (Phi) is 3.82. The molecule has 5 nitrogen and oxygen atoms in total. The first-order valence-electron chi connectivity index (χ1n) is 6.69. The Morgan fingerprint density at radius 3 is 2.67 bits per heavy atom. The third-order valence-electron chi connectivity index (χ3n) is 3.03. The van der Waals surface area contributed by atoms with Crippen LogP contribution < -0.4 is 5.32 Å². The van der Waals surface area contributed by atoms with Gasteiger partial charge >= 0.3 is 5.97 Å². The molecule has 1 heterocycles. The third kappa shape index (κ3) is 3.39. The molecular weight excluding hydrogens is 266 g/mol. The highest BCUT2D eigenvalue weighted by molar-refractivity contribution is 5.79. The first-order valence-corrected chi connectivity index (χ1v) is 6.69. The molecule has 0 aliphatic heterocycles. The fourth-order valence-corrected chi connectivity index (χ4v) is 1.98. The normalized spacial score (nSPS) is 10.5. The van der Waals surface area contributed by atoms with E-state index >= 15 is 0 Å². The van der Waals surface area contributed by atoms with Gasteiger partial charge in [-0.05, 0) is 17.7 Å². The summed E-state index contributed by atoms with van der Waals surface area (Å²) < 4.78 is 5.18. The summed E-state index contributed by atoms with van der Waals surface area (Å²) in [7, 11) is 0. The van der Waals surface area contributed by atoms with Crippen molar-refractivity contribution in [1.29, 1.82) is 0 Å². The van der Waals surface area contributed by atoms with Gasteiger partial charge in [0.15, 0.2) is 0 Å². The molecule has 0 unspecified atom stereocenters. The summed E-state index contributed by atoms with van der Waals surface area (Å²) in [5.41, 5.74) is 2.75. The van der Waals surface area contributed by atoms with Crippen LogP contribution in [0, 0.1) is 0 Å². The Balaban J connectivity index is 1.51. The monoisotopic (exact) mass is 281 g/mol. The number of anilines is 1. The number of benzene rings is 2. The average molecular weight is 281 g/mol. The lowest BCUT2D eigenvalue weighted by atomic mass is 10.2. The molecule has 0 spiro atoms. The van der Waals surface area contributed by atoms with Crippen molar-refractivity contribution in [3.8, 4) is 0 Å². The molecule has 0 bridgehead atoms. The number of aromatic amines is 1. The van der Waals surface area contributed by atoms with Gasteiger partial charge in [-0.3, -0.25) is 4.79 Å². The zero-order chi connectivity index (χ0) is 14.5. The van der Waals surface area contributed by atoms with Crippen LogP contribution in [0.4, 0.5) is 5.95 Å². The van der Waals surface area contributed by atoms with E-state index in [9.17, 15) is 4.79 Å². The van der Waals surface area contributed by atoms with Crippen molar-refractivity contribution in [2.75, 3.05) is 11.9 Å². The van der Waals surface area contributed by atoms with Gasteiger partial charge in [0.2, 0.25) is 5.95 Å². The predicted molar refractivity (Wildman–Crippen MR) is 80.8 cm³/mol. The molecule has 106 valence electrons. The summed E-state index contributed by atoms with van der Waals surface area (Å²) in [4.78, 5) is 19.1. The van der Waals surface area contributed by atoms with Crippen molar-refractivity contribution in [2.24, 2.45) is 0 Å². The van der Waals surface area contributed by atoms with Crippen LogP contribution in [-0.2, 0) is 16.1 Å². The van der Waals surface area contributed by atoms with Crippen LogP contribution in [-0.4, -0.2) is 22.5 Å². The average Bonchev–Trinajstić information content (AvgIpc) is 2.95. The molecule has 5 heteroatoms. The number of carbonyl (C=O) groups is 1. The highest BCUT2D eigenvalue weighted by Crippen LogP contribution is 2.12. The second-order valence-electron chi connectivity index (χ2n) is 4.60. The molecule has 2 N–H and O–H groups in total. The maximum atomic E-state index is 11.7. The van der Waals surface area contributed by atoms with Gasteiger partial charge in [0, 0.05) is 0 Å². The number of nitrogens with zero attached hydrogens (tertiary/aromatic N) is 1. The van der Waals surface area contributed by atoms with E-state index in [0.717, 1.165) is 16.6 Å². The number of hydrogen-bond donors (Lipinski definition) is 2. The lowest BCUT2D eigenvalue weighted by Gasteiger charge is -2.05. The Bertz CT molecular complexity index is 704. The first kappa shape index (κ1) is 13.2. The number of esters is 1. The quantitative estimate of drug-likeness (QED) is 0.706. The van der Waals surface area contributed by atoms with E-state index in [0.29, 0.717) is 5.95 Å². The molecule has 0 atom stereocenters. The number of fused-ring (bicyclic) bond motifs is 1. The third-order valence-corrected chi connectivity index (χ3v) is 3.03. The van der Waals surface area contributed by atoms with Crippen LogP contribution in [0.15, 0.2) is 54.6 Å². The van der Waals surface area contributed by atoms with E-state index in [1.54, 1.807) is 0 Å². The molecular formula is C16H15N3O2. The van der Waals surface area contributed by atoms with Gasteiger partial charge in [0.05, 0.1) is 11.0 Å². The first-order chi connectivity index (χ1) is 10.3. The maximum absolute atomic E-state index is 11.7. The van der Waals surface area contributed by atoms with E-state index < -0.39 is 0 Å². The minimum absolute atomic E-state index is 0.0760. The van der Waals surface area contributed by atoms with Crippen molar-refractivity contribution in [2.45, 2.75) is 6.61 Å². The minimum Gasteiger partial charge on any atom is -0.460 e. The fourth-order valence-electron chi connectivity index (χ4n) is 1.98. The molecule has 0 fully saturated rings. The Hall–Kier alpha value is -2.82. The smallest absolute Gasteiger partial charge is 0.325 e. The number of aromatic nitrogens is 2. The highest BCUT2D eigenvalue weighted by atomic mass is 16.5. The van der Waals surface area contributed by atoms with Crippen LogP contribution >= 0.6 is 0 Å². The number of ether oxygens (including phenoxy) is 1. The predicted octanol–water partition coefficient (Wildman–Crippen LogP) is 2.72. The number of carbonyl (C=O) groups excluding carboxylic acids is 1. The molecule has 0 saturated heterocycles. The molecule has 1 aromatic heterocycles. The number of nitrogens with one attached hydrogen (secondary N) is 2. The SMILES string of the molecule is O=C(CNc1nc2ccccc2[nH]1)OCc1ccccc1. The summed E-state index contributed by atoms with van der Waals surface area (Å²) in [5.74, 6) is 0.243. The summed E-state index contributed by atoms with van der Waals surface area (Å²) in [6, 6.07) is 17.3. The van der Waals surface area contributed by atoms with Gasteiger partial charge in [0.1, 0.15) is 13.2 Å². The van der Waals surface area contributed by atoms with Crippen LogP contribution in [0.25, 0.3) is 11.0 Å². The molecule has 0 aliphatic carbocycles. The van der Waals surface area contributed by atoms with Gasteiger partial charge < -0.3 is 15.0 Å². The van der Waals surface area contributed by atoms with Crippen molar-refractivity contribution < 1.29 is 9.53 Å². The summed E-state index contributed by atoms with van der Waals surface area (Å²) in [6.07, 6.45) is 0. The second kappa shape index (κ2) is 6.09. The molecule has 21 heavy (non-hydrogen) atoms. The van der Waals surface area contributed by atoms with Gasteiger partial charge in [-0.15, -0.1) is 0 Å². The fraction of sp³-hybridized carbons (Fsp3) is 0.125. The van der Waals surface area contributed by atoms with E-state index in [2.05, 4.69) is 15.3 Å². The van der Waals surface area contributed by atoms with Crippen LogP contribution in [0.1, 0.15) is 5.56 Å². The minimum atomic E-state index is -0.320. The molecule has 0 radical (unpaired) electrons. The van der Waals surface area contributed by atoms with Gasteiger partial charge in [-0.2, -0.15) is 0 Å². The van der Waals surface area contributed by atoms with Gasteiger partial charge in [0.25, 0.3) is 0 Å². The number of hydrogen-bond acceptors (Lipinski definition) is 4. The lowest BCUT2D eigenvalue weighted by molar-refractivity contribution is -0.142. The Morgan fingerprint density at radius 1 is 1.10 bits per heavy atom. The van der Waals surface area contributed by atoms with Crippen molar-refractivity contribution in [1.82, 2.24) is 9.97 Å². The van der Waals surface area contributed by atoms with Gasteiger partial charge in [-0.25, -0.2) is 4.98 Å². The van der Waals surface area contributed by atoms with Gasteiger partial charge in [-0.1, -0.05) is 42.5 Å². The lowest BCUT2D eigenvalue weighted by Crippen LogP contribution is -2.17. The Morgan fingerprint density at radius 2 is 1.86 bits per heavy atom. The zero-order valence-corrected chi connectivity index (χ0v) is 11.4. The largest absolute Gasteiger partial charge is 0.460 e. The number of H-pyrrole nitrogens is 1. The zero-order valence-electron chi connectivity index (χ0n) is 11.4. The summed E-state index contributed by atoms with van der Waals surface area (Å²) >= 11 is 0. The van der Waals surface area contributed by atoms with Crippen molar-refractivity contribution in [3.63, 3.8) is 0 Å². The molecule has 3 rings (SSSR count). The van der Waals surface area contributed by atoms with Crippen LogP contribution in [0.3, 0.4) is 0 Å². The van der Waals surface area contributed by atoms with E-state index in [1.165, 1.54) is 0 Å². The van der Waals surface area contributed by atoms with Crippen LogP contribution in [0.2, 0.25) is 0 Å². The standard InChI is InChI=1S/C16H15N3O2/c20-15(21-11-12-6-2-1-3-7-12)10-17-16-18-13-8-4-5-9-14(13)19-16/h1-9H,10-11H2,(H2,17,18,19). The molecule has 2 aromatic carbocycles.